The molecular weight excluding hydrogens is 332 g/mol. The highest BCUT2D eigenvalue weighted by Crippen LogP contribution is 2.17. The molecule has 7 heteroatoms. The van der Waals surface area contributed by atoms with Crippen molar-refractivity contribution >= 4 is 11.9 Å². The molecule has 0 radical (unpaired) electrons. The van der Waals surface area contributed by atoms with Crippen LogP contribution < -0.4 is 10.1 Å². The maximum atomic E-state index is 13.8. The van der Waals surface area contributed by atoms with Crippen LogP contribution in [0.15, 0.2) is 42.5 Å². The average molecular weight is 349 g/mol. The molecule has 2 rings (SSSR count). The molecule has 0 heterocycles. The van der Waals surface area contributed by atoms with Gasteiger partial charge in [-0.25, -0.2) is 13.6 Å². The van der Waals surface area contributed by atoms with Gasteiger partial charge >= 0.3 is 5.97 Å². The predicted molar refractivity (Wildman–Crippen MR) is 86.1 cm³/mol. The number of amides is 1. The lowest BCUT2D eigenvalue weighted by molar-refractivity contribution is -0.129. The van der Waals surface area contributed by atoms with Crippen LogP contribution in [0.1, 0.15) is 22.8 Å². The van der Waals surface area contributed by atoms with Crippen molar-refractivity contribution in [1.82, 2.24) is 5.32 Å². The van der Waals surface area contributed by atoms with Crippen molar-refractivity contribution in [1.29, 1.82) is 0 Å². The second-order valence-electron chi connectivity index (χ2n) is 5.24. The van der Waals surface area contributed by atoms with Crippen molar-refractivity contribution in [3.8, 4) is 5.75 Å². The number of carbonyl (C=O) groups is 2. The third-order valence-corrected chi connectivity index (χ3v) is 3.43. The Kier molecular flexibility index (Phi) is 6.05. The van der Waals surface area contributed by atoms with Crippen LogP contribution in [-0.2, 0) is 16.1 Å². The summed E-state index contributed by atoms with van der Waals surface area (Å²) in [5.41, 5.74) is 0.397. The van der Waals surface area contributed by atoms with Gasteiger partial charge in [0.05, 0.1) is 12.7 Å². The van der Waals surface area contributed by atoms with Gasteiger partial charge < -0.3 is 14.8 Å². The summed E-state index contributed by atoms with van der Waals surface area (Å²) in [7, 11) is 1.38. The normalized spacial score (nSPS) is 11.5. The zero-order chi connectivity index (χ0) is 18.4. The number of rotatable bonds is 6. The van der Waals surface area contributed by atoms with Crippen molar-refractivity contribution in [2.75, 3.05) is 7.11 Å². The lowest BCUT2D eigenvalue weighted by atomic mass is 10.2. The van der Waals surface area contributed by atoms with E-state index < -0.39 is 23.8 Å². The SMILES string of the molecule is COc1ccc(C(=O)O[C@@H](C)C(=O)NCc2ccc(F)cc2)c(F)c1. The van der Waals surface area contributed by atoms with Crippen LogP contribution in [0.2, 0.25) is 0 Å². The first kappa shape index (κ1) is 18.4. The van der Waals surface area contributed by atoms with Gasteiger partial charge in [-0.05, 0) is 36.8 Å². The number of hydrogen-bond acceptors (Lipinski definition) is 4. The topological polar surface area (TPSA) is 64.6 Å². The molecule has 1 amide bonds. The molecule has 0 saturated carbocycles. The largest absolute Gasteiger partial charge is 0.497 e. The summed E-state index contributed by atoms with van der Waals surface area (Å²) in [6.45, 7) is 1.53. The quantitative estimate of drug-likeness (QED) is 0.815. The van der Waals surface area contributed by atoms with E-state index in [-0.39, 0.29) is 23.7 Å². The standard InChI is InChI=1S/C18H17F2NO4/c1-11(17(22)21-10-12-3-5-13(19)6-4-12)25-18(23)15-8-7-14(24-2)9-16(15)20/h3-9,11H,10H2,1-2H3,(H,21,22)/t11-/m0/s1. The molecule has 5 nitrogen and oxygen atoms in total. The van der Waals surface area contributed by atoms with E-state index in [1.165, 1.54) is 50.4 Å². The number of benzene rings is 2. The zero-order valence-electron chi connectivity index (χ0n) is 13.7. The first-order valence-corrected chi connectivity index (χ1v) is 7.47. The van der Waals surface area contributed by atoms with Crippen LogP contribution in [0.25, 0.3) is 0 Å². The summed E-state index contributed by atoms with van der Waals surface area (Å²) in [6, 6.07) is 9.29. The van der Waals surface area contributed by atoms with Gasteiger partial charge in [-0.3, -0.25) is 4.79 Å². The third kappa shape index (κ3) is 5.00. The summed E-state index contributed by atoms with van der Waals surface area (Å²) < 4.78 is 36.5. The molecule has 25 heavy (non-hydrogen) atoms. The molecule has 0 saturated heterocycles. The van der Waals surface area contributed by atoms with Gasteiger partial charge in [0.2, 0.25) is 0 Å². The summed E-state index contributed by atoms with van der Waals surface area (Å²) >= 11 is 0. The van der Waals surface area contributed by atoms with E-state index in [4.69, 9.17) is 9.47 Å². The van der Waals surface area contributed by atoms with Gasteiger partial charge in [-0.2, -0.15) is 0 Å². The van der Waals surface area contributed by atoms with Gasteiger partial charge in [-0.1, -0.05) is 12.1 Å². The molecular formula is C18H17F2NO4. The van der Waals surface area contributed by atoms with Crippen LogP contribution >= 0.6 is 0 Å². The molecule has 1 atom stereocenters. The lowest BCUT2D eigenvalue weighted by Gasteiger charge is -2.14. The average Bonchev–Trinajstić information content (AvgIpc) is 2.60. The Hall–Kier alpha value is -2.96. The molecule has 2 aromatic carbocycles. The smallest absolute Gasteiger partial charge is 0.341 e. The number of hydrogen-bond donors (Lipinski definition) is 1. The minimum absolute atomic E-state index is 0.151. The van der Waals surface area contributed by atoms with E-state index in [1.807, 2.05) is 0 Å². The van der Waals surface area contributed by atoms with E-state index in [2.05, 4.69) is 5.32 Å². The number of methoxy groups -OCH3 is 1. The van der Waals surface area contributed by atoms with Gasteiger partial charge in [0, 0.05) is 12.6 Å². The zero-order valence-corrected chi connectivity index (χ0v) is 13.7. The lowest BCUT2D eigenvalue weighted by Crippen LogP contribution is -2.35. The first-order chi connectivity index (χ1) is 11.9. The second-order valence-corrected chi connectivity index (χ2v) is 5.24. The highest BCUT2D eigenvalue weighted by molar-refractivity contribution is 5.92. The molecule has 0 aromatic heterocycles. The van der Waals surface area contributed by atoms with Crippen LogP contribution in [-0.4, -0.2) is 25.1 Å². The Labute approximate surface area is 143 Å². The van der Waals surface area contributed by atoms with Gasteiger partial charge in [0.1, 0.15) is 17.4 Å². The minimum atomic E-state index is -1.12. The van der Waals surface area contributed by atoms with E-state index >= 15 is 0 Å². The maximum Gasteiger partial charge on any atom is 0.341 e. The minimum Gasteiger partial charge on any atom is -0.497 e. The highest BCUT2D eigenvalue weighted by Gasteiger charge is 2.21. The number of nitrogens with one attached hydrogen (secondary N) is 1. The Morgan fingerprint density at radius 2 is 1.80 bits per heavy atom. The van der Waals surface area contributed by atoms with Gasteiger partial charge in [0.25, 0.3) is 5.91 Å². The molecule has 2 aromatic rings. The van der Waals surface area contributed by atoms with Crippen molar-refractivity contribution in [3.63, 3.8) is 0 Å². The van der Waals surface area contributed by atoms with E-state index in [0.29, 0.717) is 5.56 Å². The number of halogens is 2. The fourth-order valence-electron chi connectivity index (χ4n) is 2.00. The number of ether oxygens (including phenoxy) is 2. The van der Waals surface area contributed by atoms with Crippen molar-refractivity contribution in [3.05, 3.63) is 65.2 Å². The molecule has 0 bridgehead atoms. The Morgan fingerprint density at radius 1 is 1.12 bits per heavy atom. The van der Waals surface area contributed by atoms with Crippen LogP contribution in [0, 0.1) is 11.6 Å². The number of esters is 1. The van der Waals surface area contributed by atoms with Crippen molar-refractivity contribution in [2.24, 2.45) is 0 Å². The van der Waals surface area contributed by atoms with E-state index in [1.54, 1.807) is 0 Å². The molecule has 132 valence electrons. The first-order valence-electron chi connectivity index (χ1n) is 7.47. The molecule has 0 aliphatic heterocycles. The van der Waals surface area contributed by atoms with Gasteiger partial charge in [0.15, 0.2) is 6.10 Å². The third-order valence-electron chi connectivity index (χ3n) is 3.43. The Bertz CT molecular complexity index is 762. The van der Waals surface area contributed by atoms with Crippen LogP contribution in [0.3, 0.4) is 0 Å². The molecule has 0 aliphatic rings. The fraction of sp³-hybridized carbons (Fsp3) is 0.222. The Morgan fingerprint density at radius 3 is 2.40 bits per heavy atom. The van der Waals surface area contributed by atoms with Crippen molar-refractivity contribution < 1.29 is 27.8 Å². The summed E-state index contributed by atoms with van der Waals surface area (Å²) in [6.07, 6.45) is -1.12. The number of carbonyl (C=O) groups excluding carboxylic acids is 2. The molecule has 1 N–H and O–H groups in total. The van der Waals surface area contributed by atoms with E-state index in [0.717, 1.165) is 6.07 Å². The van der Waals surface area contributed by atoms with E-state index in [9.17, 15) is 18.4 Å². The summed E-state index contributed by atoms with van der Waals surface area (Å²) in [5, 5.41) is 2.56. The maximum absolute atomic E-state index is 13.8. The monoisotopic (exact) mass is 349 g/mol. The predicted octanol–water partition coefficient (Wildman–Crippen LogP) is 2.84. The Balaban J connectivity index is 1.91. The summed E-state index contributed by atoms with van der Waals surface area (Å²) in [5.74, 6) is -2.42. The molecule has 0 spiro atoms. The van der Waals surface area contributed by atoms with Gasteiger partial charge in [-0.15, -0.1) is 0 Å². The fourth-order valence-corrected chi connectivity index (χ4v) is 2.00. The second kappa shape index (κ2) is 8.23. The molecule has 0 unspecified atom stereocenters. The summed E-state index contributed by atoms with van der Waals surface area (Å²) in [4.78, 5) is 23.9. The van der Waals surface area contributed by atoms with Crippen molar-refractivity contribution in [2.45, 2.75) is 19.6 Å². The molecule has 0 fully saturated rings. The van der Waals surface area contributed by atoms with Crippen LogP contribution in [0.5, 0.6) is 5.75 Å². The van der Waals surface area contributed by atoms with Crippen LogP contribution in [0.4, 0.5) is 8.78 Å². The molecule has 0 aliphatic carbocycles. The highest BCUT2D eigenvalue weighted by atomic mass is 19.1.